The summed E-state index contributed by atoms with van der Waals surface area (Å²) < 4.78 is 7.62. The predicted molar refractivity (Wildman–Crippen MR) is 119 cm³/mol. The number of amides is 1. The Morgan fingerprint density at radius 3 is 2.35 bits per heavy atom. The van der Waals surface area contributed by atoms with Crippen LogP contribution >= 0.6 is 11.6 Å². The molecule has 1 N–H and O–H groups in total. The Bertz CT molecular complexity index is 1190. The Morgan fingerprint density at radius 1 is 1.00 bits per heavy atom. The minimum absolute atomic E-state index is 0.109. The first-order chi connectivity index (χ1) is 15.0. The van der Waals surface area contributed by atoms with Crippen LogP contribution in [0.15, 0.2) is 67.0 Å². The van der Waals surface area contributed by atoms with Gasteiger partial charge in [-0.05, 0) is 61.9 Å². The van der Waals surface area contributed by atoms with Gasteiger partial charge in [0.25, 0.3) is 0 Å². The largest absolute Gasteiger partial charge is 0.438 e. The SMILES string of the molecule is Cc1ncn(-c2ccc(Oc3ccc(NC(=O)Cc4ccc(Cl)cc4)cc3)nn2)c1C. The van der Waals surface area contributed by atoms with E-state index in [2.05, 4.69) is 20.5 Å². The number of benzene rings is 2. The van der Waals surface area contributed by atoms with Crippen molar-refractivity contribution in [1.29, 1.82) is 0 Å². The fourth-order valence-electron chi connectivity index (χ4n) is 2.95. The first-order valence-electron chi connectivity index (χ1n) is 9.65. The summed E-state index contributed by atoms with van der Waals surface area (Å²) in [6.45, 7) is 3.92. The zero-order chi connectivity index (χ0) is 21.8. The van der Waals surface area contributed by atoms with E-state index < -0.39 is 0 Å². The number of aromatic nitrogens is 4. The van der Waals surface area contributed by atoms with Crippen LogP contribution in [-0.4, -0.2) is 25.7 Å². The summed E-state index contributed by atoms with van der Waals surface area (Å²) in [6.07, 6.45) is 1.99. The number of nitrogens with one attached hydrogen (secondary N) is 1. The second-order valence-corrected chi connectivity index (χ2v) is 7.43. The fraction of sp³-hybridized carbons (Fsp3) is 0.130. The minimum Gasteiger partial charge on any atom is -0.438 e. The molecule has 0 atom stereocenters. The number of anilines is 1. The number of carbonyl (C=O) groups is 1. The van der Waals surface area contributed by atoms with Crippen molar-refractivity contribution in [2.75, 3.05) is 5.32 Å². The number of hydrogen-bond donors (Lipinski definition) is 1. The van der Waals surface area contributed by atoms with Crippen LogP contribution in [0, 0.1) is 13.8 Å². The molecule has 0 aliphatic heterocycles. The summed E-state index contributed by atoms with van der Waals surface area (Å²) in [7, 11) is 0. The van der Waals surface area contributed by atoms with Gasteiger partial charge in [-0.1, -0.05) is 23.7 Å². The summed E-state index contributed by atoms with van der Waals surface area (Å²) in [5.74, 6) is 1.52. The van der Waals surface area contributed by atoms with Crippen molar-refractivity contribution in [3.63, 3.8) is 0 Å². The molecule has 2 aromatic carbocycles. The van der Waals surface area contributed by atoms with E-state index in [1.54, 1.807) is 48.8 Å². The molecule has 4 rings (SSSR count). The van der Waals surface area contributed by atoms with Gasteiger partial charge in [-0.25, -0.2) is 4.98 Å². The van der Waals surface area contributed by atoms with Crippen molar-refractivity contribution < 1.29 is 9.53 Å². The topological polar surface area (TPSA) is 81.9 Å². The Balaban J connectivity index is 1.35. The maximum atomic E-state index is 12.2. The second-order valence-electron chi connectivity index (χ2n) is 6.99. The summed E-state index contributed by atoms with van der Waals surface area (Å²) in [6, 6.07) is 17.8. The molecule has 0 unspecified atom stereocenters. The third-order valence-corrected chi connectivity index (χ3v) is 5.02. The van der Waals surface area contributed by atoms with Crippen molar-refractivity contribution in [3.05, 3.63) is 89.0 Å². The molecule has 31 heavy (non-hydrogen) atoms. The average Bonchev–Trinajstić information content (AvgIpc) is 3.10. The molecular weight excluding hydrogens is 414 g/mol. The van der Waals surface area contributed by atoms with Crippen LogP contribution in [0.4, 0.5) is 5.69 Å². The minimum atomic E-state index is -0.109. The lowest BCUT2D eigenvalue weighted by Crippen LogP contribution is -2.14. The Labute approximate surface area is 184 Å². The molecule has 0 saturated heterocycles. The molecule has 0 fully saturated rings. The molecule has 0 bridgehead atoms. The highest BCUT2D eigenvalue weighted by Crippen LogP contribution is 2.22. The van der Waals surface area contributed by atoms with E-state index in [4.69, 9.17) is 16.3 Å². The van der Waals surface area contributed by atoms with E-state index >= 15 is 0 Å². The van der Waals surface area contributed by atoms with Gasteiger partial charge in [0.15, 0.2) is 5.82 Å². The van der Waals surface area contributed by atoms with E-state index in [0.29, 0.717) is 28.2 Å². The predicted octanol–water partition coefficient (Wildman–Crippen LogP) is 4.91. The number of nitrogens with zero attached hydrogens (tertiary/aromatic N) is 4. The summed E-state index contributed by atoms with van der Waals surface area (Å²) >= 11 is 5.87. The number of carbonyl (C=O) groups excluding carboxylic acids is 1. The van der Waals surface area contributed by atoms with Gasteiger partial charge in [-0.2, -0.15) is 0 Å². The third-order valence-electron chi connectivity index (χ3n) is 4.76. The van der Waals surface area contributed by atoms with Gasteiger partial charge in [-0.3, -0.25) is 9.36 Å². The van der Waals surface area contributed by atoms with Crippen molar-refractivity contribution in [1.82, 2.24) is 19.7 Å². The van der Waals surface area contributed by atoms with Crippen molar-refractivity contribution in [2.45, 2.75) is 20.3 Å². The Morgan fingerprint density at radius 2 is 1.74 bits per heavy atom. The van der Waals surface area contributed by atoms with Gasteiger partial charge in [0.2, 0.25) is 11.8 Å². The summed E-state index contributed by atoms with van der Waals surface area (Å²) in [4.78, 5) is 16.5. The molecule has 2 heterocycles. The lowest BCUT2D eigenvalue weighted by atomic mass is 10.1. The molecule has 4 aromatic rings. The van der Waals surface area contributed by atoms with E-state index in [1.165, 1.54) is 0 Å². The van der Waals surface area contributed by atoms with E-state index in [-0.39, 0.29) is 12.3 Å². The van der Waals surface area contributed by atoms with Crippen LogP contribution < -0.4 is 10.1 Å². The lowest BCUT2D eigenvalue weighted by Gasteiger charge is -2.08. The van der Waals surface area contributed by atoms with Crippen LogP contribution in [-0.2, 0) is 11.2 Å². The number of aryl methyl sites for hydroxylation is 1. The van der Waals surface area contributed by atoms with Crippen LogP contribution in [0.2, 0.25) is 5.02 Å². The van der Waals surface area contributed by atoms with Gasteiger partial charge in [0.1, 0.15) is 12.1 Å². The number of halogens is 1. The van der Waals surface area contributed by atoms with Gasteiger partial charge in [0.05, 0.1) is 12.1 Å². The quantitative estimate of drug-likeness (QED) is 0.467. The zero-order valence-electron chi connectivity index (χ0n) is 17.0. The van der Waals surface area contributed by atoms with Gasteiger partial charge in [0, 0.05) is 22.5 Å². The number of rotatable bonds is 6. The van der Waals surface area contributed by atoms with Gasteiger partial charge < -0.3 is 10.1 Å². The zero-order valence-corrected chi connectivity index (χ0v) is 17.8. The third kappa shape index (κ3) is 5.07. The summed E-state index contributed by atoms with van der Waals surface area (Å²) in [5.41, 5.74) is 3.53. The molecule has 0 radical (unpaired) electrons. The highest BCUT2D eigenvalue weighted by atomic mass is 35.5. The van der Waals surface area contributed by atoms with Gasteiger partial charge >= 0.3 is 0 Å². The van der Waals surface area contributed by atoms with Crippen LogP contribution in [0.1, 0.15) is 17.0 Å². The number of hydrogen-bond acceptors (Lipinski definition) is 5. The van der Waals surface area contributed by atoms with Crippen molar-refractivity contribution in [2.24, 2.45) is 0 Å². The Kier molecular flexibility index (Phi) is 5.95. The van der Waals surface area contributed by atoms with E-state index in [1.807, 2.05) is 36.6 Å². The highest BCUT2D eigenvalue weighted by molar-refractivity contribution is 6.30. The van der Waals surface area contributed by atoms with Crippen molar-refractivity contribution in [3.8, 4) is 17.4 Å². The molecule has 2 aromatic heterocycles. The highest BCUT2D eigenvalue weighted by Gasteiger charge is 2.08. The maximum Gasteiger partial charge on any atom is 0.238 e. The monoisotopic (exact) mass is 433 g/mol. The average molecular weight is 434 g/mol. The lowest BCUT2D eigenvalue weighted by molar-refractivity contribution is -0.115. The van der Waals surface area contributed by atoms with Crippen LogP contribution in [0.5, 0.6) is 11.6 Å². The molecule has 0 spiro atoms. The van der Waals surface area contributed by atoms with E-state index in [0.717, 1.165) is 17.0 Å². The molecule has 1 amide bonds. The molecule has 156 valence electrons. The fourth-order valence-corrected chi connectivity index (χ4v) is 3.07. The van der Waals surface area contributed by atoms with Crippen molar-refractivity contribution >= 4 is 23.2 Å². The molecule has 0 saturated carbocycles. The molecule has 0 aliphatic carbocycles. The first kappa shape index (κ1) is 20.6. The molecule has 7 nitrogen and oxygen atoms in total. The molecular formula is C23H20ClN5O2. The number of ether oxygens (including phenoxy) is 1. The summed E-state index contributed by atoms with van der Waals surface area (Å²) in [5, 5.41) is 11.8. The van der Waals surface area contributed by atoms with Crippen LogP contribution in [0.25, 0.3) is 5.82 Å². The normalized spacial score (nSPS) is 10.7. The van der Waals surface area contributed by atoms with E-state index in [9.17, 15) is 4.79 Å². The maximum absolute atomic E-state index is 12.2. The van der Waals surface area contributed by atoms with Gasteiger partial charge in [-0.15, -0.1) is 10.2 Å². The Hall–Kier alpha value is -3.71. The molecule has 8 heteroatoms. The smallest absolute Gasteiger partial charge is 0.238 e. The number of imidazole rings is 1. The second kappa shape index (κ2) is 8.97. The molecule has 0 aliphatic rings. The first-order valence-corrected chi connectivity index (χ1v) is 10.0. The standard InChI is InChI=1S/C23H20ClN5O2/c1-15-16(2)29(14-25-15)21-11-12-23(28-27-21)31-20-9-7-19(8-10-20)26-22(30)13-17-3-5-18(24)6-4-17/h3-12,14H,13H2,1-2H3,(H,26,30). The van der Waals surface area contributed by atoms with Crippen LogP contribution in [0.3, 0.4) is 0 Å².